The van der Waals surface area contributed by atoms with Gasteiger partial charge in [0.25, 0.3) is 0 Å². The number of amides is 1. The molecule has 1 aromatic rings. The minimum atomic E-state index is -0.244. The second kappa shape index (κ2) is 6.50. The quantitative estimate of drug-likeness (QED) is 0.755. The van der Waals surface area contributed by atoms with E-state index in [0.29, 0.717) is 18.2 Å². The van der Waals surface area contributed by atoms with E-state index in [1.807, 2.05) is 31.2 Å². The van der Waals surface area contributed by atoms with Crippen molar-refractivity contribution >= 4 is 17.7 Å². The minimum absolute atomic E-state index is 0.0395. The van der Waals surface area contributed by atoms with Crippen LogP contribution in [0.25, 0.3) is 0 Å². The maximum absolute atomic E-state index is 12.1. The molecule has 1 unspecified atom stereocenters. The fraction of sp³-hybridized carbons (Fsp3) is 0.533. The third-order valence-electron chi connectivity index (χ3n) is 3.74. The zero-order valence-corrected chi connectivity index (χ0v) is 12.8. The van der Waals surface area contributed by atoms with Crippen molar-refractivity contribution in [3.05, 3.63) is 24.3 Å². The third kappa shape index (κ3) is 3.90. The average Bonchev–Trinajstić information content (AvgIpc) is 3.30. The number of rotatable bonds is 7. The van der Waals surface area contributed by atoms with Crippen molar-refractivity contribution in [1.82, 2.24) is 5.32 Å². The first kappa shape index (κ1) is 15.2. The van der Waals surface area contributed by atoms with E-state index in [0.717, 1.165) is 23.5 Å². The van der Waals surface area contributed by atoms with Crippen molar-refractivity contribution in [2.75, 3.05) is 19.4 Å². The van der Waals surface area contributed by atoms with Gasteiger partial charge in [0.05, 0.1) is 18.4 Å². The molecule has 1 atom stereocenters. The van der Waals surface area contributed by atoms with E-state index in [1.54, 1.807) is 7.11 Å². The molecule has 4 nitrogen and oxygen atoms in total. The summed E-state index contributed by atoms with van der Waals surface area (Å²) in [5.41, 5.74) is 5.56. The Hall–Kier alpha value is -1.20. The molecule has 0 aliphatic heterocycles. The van der Waals surface area contributed by atoms with Crippen LogP contribution in [0.5, 0.6) is 5.75 Å². The molecular formula is C15H22N2O2S. The number of ether oxygens (including phenoxy) is 1. The summed E-state index contributed by atoms with van der Waals surface area (Å²) in [4.78, 5) is 13.1. The first-order valence-electron chi connectivity index (χ1n) is 6.85. The fourth-order valence-electron chi connectivity index (χ4n) is 2.23. The number of nitrogens with two attached hydrogens (primary N) is 1. The summed E-state index contributed by atoms with van der Waals surface area (Å²) >= 11 is 1.51. The van der Waals surface area contributed by atoms with Crippen molar-refractivity contribution in [3.8, 4) is 5.75 Å². The molecule has 0 radical (unpaired) electrons. The molecule has 3 N–H and O–H groups in total. The van der Waals surface area contributed by atoms with Crippen LogP contribution in [0.2, 0.25) is 0 Å². The van der Waals surface area contributed by atoms with Crippen molar-refractivity contribution < 1.29 is 9.53 Å². The van der Waals surface area contributed by atoms with E-state index < -0.39 is 0 Å². The van der Waals surface area contributed by atoms with Gasteiger partial charge in [-0.25, -0.2) is 0 Å². The number of methoxy groups -OCH3 is 1. The molecule has 0 bridgehead atoms. The van der Waals surface area contributed by atoms with Crippen LogP contribution >= 0.6 is 11.8 Å². The van der Waals surface area contributed by atoms with E-state index in [4.69, 9.17) is 10.5 Å². The lowest BCUT2D eigenvalue weighted by molar-refractivity contribution is -0.120. The first-order chi connectivity index (χ1) is 9.57. The number of hydrogen-bond acceptors (Lipinski definition) is 4. The van der Waals surface area contributed by atoms with Crippen LogP contribution in [0.3, 0.4) is 0 Å². The van der Waals surface area contributed by atoms with Gasteiger partial charge in [0, 0.05) is 11.4 Å². The molecule has 1 amide bonds. The highest BCUT2D eigenvalue weighted by atomic mass is 32.2. The molecule has 1 fully saturated rings. The Balaban J connectivity index is 1.85. The summed E-state index contributed by atoms with van der Waals surface area (Å²) in [5.74, 6) is 1.78. The lowest BCUT2D eigenvalue weighted by Crippen LogP contribution is -2.53. The monoisotopic (exact) mass is 294 g/mol. The zero-order valence-electron chi connectivity index (χ0n) is 12.0. The van der Waals surface area contributed by atoms with Gasteiger partial charge in [-0.2, -0.15) is 0 Å². The van der Waals surface area contributed by atoms with Gasteiger partial charge in [0.15, 0.2) is 0 Å². The molecule has 1 saturated carbocycles. The molecule has 0 heterocycles. The van der Waals surface area contributed by atoms with Crippen LogP contribution in [-0.4, -0.2) is 30.9 Å². The van der Waals surface area contributed by atoms with E-state index in [-0.39, 0.29) is 11.4 Å². The highest BCUT2D eigenvalue weighted by molar-refractivity contribution is 8.00. The Labute approximate surface area is 124 Å². The van der Waals surface area contributed by atoms with E-state index in [2.05, 4.69) is 5.32 Å². The summed E-state index contributed by atoms with van der Waals surface area (Å²) in [5, 5.41) is 3.09. The van der Waals surface area contributed by atoms with Crippen LogP contribution in [0, 0.1) is 5.92 Å². The molecular weight excluding hydrogens is 272 g/mol. The van der Waals surface area contributed by atoms with E-state index >= 15 is 0 Å². The molecule has 20 heavy (non-hydrogen) atoms. The van der Waals surface area contributed by atoms with Gasteiger partial charge >= 0.3 is 0 Å². The Morgan fingerprint density at radius 3 is 2.90 bits per heavy atom. The largest absolute Gasteiger partial charge is 0.497 e. The van der Waals surface area contributed by atoms with Crippen LogP contribution in [0.4, 0.5) is 0 Å². The van der Waals surface area contributed by atoms with Gasteiger partial charge in [-0.05, 0) is 43.9 Å². The van der Waals surface area contributed by atoms with Crippen molar-refractivity contribution in [1.29, 1.82) is 0 Å². The Morgan fingerprint density at radius 2 is 2.30 bits per heavy atom. The molecule has 1 aliphatic carbocycles. The van der Waals surface area contributed by atoms with Gasteiger partial charge in [0.2, 0.25) is 5.91 Å². The smallest absolute Gasteiger partial charge is 0.230 e. The molecule has 2 rings (SSSR count). The topological polar surface area (TPSA) is 64.3 Å². The van der Waals surface area contributed by atoms with Crippen LogP contribution < -0.4 is 15.8 Å². The maximum Gasteiger partial charge on any atom is 0.230 e. The number of nitrogens with one attached hydrogen (secondary N) is 1. The highest BCUT2D eigenvalue weighted by Crippen LogP contribution is 2.39. The Morgan fingerprint density at radius 1 is 1.55 bits per heavy atom. The Bertz CT molecular complexity index is 477. The normalized spacial score (nSPS) is 17.4. The molecule has 0 spiro atoms. The maximum atomic E-state index is 12.1. The van der Waals surface area contributed by atoms with E-state index in [1.165, 1.54) is 11.8 Å². The fourth-order valence-corrected chi connectivity index (χ4v) is 2.98. The predicted molar refractivity (Wildman–Crippen MR) is 82.0 cm³/mol. The molecule has 5 heteroatoms. The van der Waals surface area contributed by atoms with Crippen molar-refractivity contribution in [3.63, 3.8) is 0 Å². The summed E-state index contributed by atoms with van der Waals surface area (Å²) < 4.78 is 5.17. The van der Waals surface area contributed by atoms with Crippen LogP contribution in [0.15, 0.2) is 29.2 Å². The molecule has 0 aromatic heterocycles. The summed E-state index contributed by atoms with van der Waals surface area (Å²) in [6.07, 6.45) is 2.33. The van der Waals surface area contributed by atoms with E-state index in [9.17, 15) is 4.79 Å². The van der Waals surface area contributed by atoms with Gasteiger partial charge < -0.3 is 15.8 Å². The van der Waals surface area contributed by atoms with Gasteiger partial charge in [0.1, 0.15) is 5.75 Å². The predicted octanol–water partition coefficient (Wildman–Crippen LogP) is 2.03. The Kier molecular flexibility index (Phi) is 4.94. The minimum Gasteiger partial charge on any atom is -0.497 e. The van der Waals surface area contributed by atoms with Crippen molar-refractivity contribution in [2.24, 2.45) is 11.7 Å². The second-order valence-corrected chi connectivity index (χ2v) is 6.46. The third-order valence-corrected chi connectivity index (χ3v) is 4.73. The number of benzene rings is 1. The lowest BCUT2D eigenvalue weighted by Gasteiger charge is -2.29. The summed E-state index contributed by atoms with van der Waals surface area (Å²) in [6.45, 7) is 2.53. The summed E-state index contributed by atoms with van der Waals surface area (Å²) in [6, 6.07) is 7.72. The number of thioether (sulfide) groups is 1. The molecule has 1 aromatic carbocycles. The van der Waals surface area contributed by atoms with Gasteiger partial charge in [-0.15, -0.1) is 11.8 Å². The molecule has 110 valence electrons. The SMILES string of the molecule is COc1cccc(SCC(=O)NC(C)(CN)C2CC2)c1. The zero-order chi connectivity index (χ0) is 14.6. The lowest BCUT2D eigenvalue weighted by atomic mass is 9.96. The highest BCUT2D eigenvalue weighted by Gasteiger charge is 2.41. The molecule has 1 aliphatic rings. The van der Waals surface area contributed by atoms with Gasteiger partial charge in [-0.3, -0.25) is 4.79 Å². The number of hydrogen-bond donors (Lipinski definition) is 2. The van der Waals surface area contributed by atoms with Crippen LogP contribution in [-0.2, 0) is 4.79 Å². The van der Waals surface area contributed by atoms with Crippen molar-refractivity contribution in [2.45, 2.75) is 30.2 Å². The first-order valence-corrected chi connectivity index (χ1v) is 7.84. The second-order valence-electron chi connectivity index (χ2n) is 5.41. The molecule has 0 saturated heterocycles. The number of carbonyl (C=O) groups is 1. The van der Waals surface area contributed by atoms with Gasteiger partial charge in [-0.1, -0.05) is 6.07 Å². The average molecular weight is 294 g/mol. The van der Waals surface area contributed by atoms with Crippen LogP contribution in [0.1, 0.15) is 19.8 Å². The summed E-state index contributed by atoms with van der Waals surface area (Å²) in [7, 11) is 1.64. The number of carbonyl (C=O) groups excluding carboxylic acids is 1. The standard InChI is InChI=1S/C15H22N2O2S/c1-15(10-16,11-6-7-11)17-14(18)9-20-13-5-3-4-12(8-13)19-2/h3-5,8,11H,6-7,9-10,16H2,1-2H3,(H,17,18).